The van der Waals surface area contributed by atoms with E-state index in [-0.39, 0.29) is 29.7 Å². The second-order valence-electron chi connectivity index (χ2n) is 11.9. The van der Waals surface area contributed by atoms with E-state index in [1.807, 2.05) is 49.1 Å². The lowest BCUT2D eigenvalue weighted by Crippen LogP contribution is -2.53. The number of rotatable bonds is 8. The fourth-order valence-electron chi connectivity index (χ4n) is 6.50. The van der Waals surface area contributed by atoms with Gasteiger partial charge in [0.15, 0.2) is 0 Å². The van der Waals surface area contributed by atoms with Crippen LogP contribution in [0, 0.1) is 11.8 Å². The van der Waals surface area contributed by atoms with Gasteiger partial charge in [0.2, 0.25) is 11.8 Å². The molecule has 0 bridgehead atoms. The molecule has 2 fully saturated rings. The number of hydrogen-bond acceptors (Lipinski definition) is 5. The largest absolute Gasteiger partial charge is 0.344 e. The van der Waals surface area contributed by atoms with Crippen molar-refractivity contribution in [3.05, 3.63) is 71.1 Å². The highest BCUT2D eigenvalue weighted by Crippen LogP contribution is 2.39. The van der Waals surface area contributed by atoms with Crippen molar-refractivity contribution < 1.29 is 9.59 Å². The number of likely N-dealkylation sites (tertiary alicyclic amines) is 1. The van der Waals surface area contributed by atoms with Gasteiger partial charge >= 0.3 is 0 Å². The van der Waals surface area contributed by atoms with Gasteiger partial charge in [-0.2, -0.15) is 0 Å². The molecule has 218 valence electrons. The van der Waals surface area contributed by atoms with Gasteiger partial charge in [-0.25, -0.2) is 9.97 Å². The first-order chi connectivity index (χ1) is 20.5. The quantitative estimate of drug-likeness (QED) is 0.231. The summed E-state index contributed by atoms with van der Waals surface area (Å²) in [7, 11) is 0. The molecule has 3 atom stereocenters. The van der Waals surface area contributed by atoms with Crippen molar-refractivity contribution in [2.45, 2.75) is 77.3 Å². The Hall–Kier alpha value is -3.58. The number of aromatic nitrogens is 2. The van der Waals surface area contributed by atoms with Gasteiger partial charge in [-0.1, -0.05) is 81.6 Å². The van der Waals surface area contributed by atoms with E-state index in [0.29, 0.717) is 6.54 Å². The molecule has 42 heavy (non-hydrogen) atoms. The number of hydrogen-bond donors (Lipinski definition) is 1. The average Bonchev–Trinajstić information content (AvgIpc) is 3.73. The topological polar surface area (TPSA) is 75.2 Å². The molecule has 0 radical (unpaired) electrons. The van der Waals surface area contributed by atoms with Crippen LogP contribution in [-0.4, -0.2) is 39.3 Å². The molecule has 6 nitrogen and oxygen atoms in total. The van der Waals surface area contributed by atoms with E-state index in [1.165, 1.54) is 6.42 Å². The van der Waals surface area contributed by atoms with Crippen LogP contribution in [0.3, 0.4) is 0 Å². The third kappa shape index (κ3) is 5.84. The fourth-order valence-corrected chi connectivity index (χ4v) is 7.47. The van der Waals surface area contributed by atoms with Crippen molar-refractivity contribution in [2.75, 3.05) is 6.54 Å². The summed E-state index contributed by atoms with van der Waals surface area (Å²) in [6.07, 6.45) is 8.05. The number of para-hydroxylation sites is 1. The SMILES string of the molecule is CC[C@@H](C)C(=O)N[C@H](C(=O)N1CCC[C@H]1c1nc(-c2cc(-c3ccccc3)nc3ccccc23)cs1)C1CCCCC1. The Labute approximate surface area is 252 Å². The molecule has 1 aliphatic carbocycles. The predicted molar refractivity (Wildman–Crippen MR) is 170 cm³/mol. The Bertz CT molecular complexity index is 1550. The first kappa shape index (κ1) is 28.5. The van der Waals surface area contributed by atoms with Gasteiger partial charge in [0.05, 0.1) is 22.9 Å². The minimum absolute atomic E-state index is 0.00695. The highest BCUT2D eigenvalue weighted by molar-refractivity contribution is 7.10. The van der Waals surface area contributed by atoms with Gasteiger partial charge in [-0.15, -0.1) is 11.3 Å². The molecule has 1 saturated heterocycles. The lowest BCUT2D eigenvalue weighted by atomic mass is 9.83. The Kier molecular flexibility index (Phi) is 8.66. The molecule has 1 N–H and O–H groups in total. The monoisotopic (exact) mass is 580 g/mol. The summed E-state index contributed by atoms with van der Waals surface area (Å²) in [6, 6.07) is 20.1. The van der Waals surface area contributed by atoms with E-state index < -0.39 is 6.04 Å². The normalized spacial score (nSPS) is 19.1. The van der Waals surface area contributed by atoms with E-state index in [4.69, 9.17) is 9.97 Å². The van der Waals surface area contributed by atoms with Crippen molar-refractivity contribution in [3.8, 4) is 22.5 Å². The number of fused-ring (bicyclic) bond motifs is 1. The van der Waals surface area contributed by atoms with Gasteiger partial charge in [0, 0.05) is 34.4 Å². The van der Waals surface area contributed by atoms with Crippen molar-refractivity contribution >= 4 is 34.1 Å². The zero-order chi connectivity index (χ0) is 29.1. The van der Waals surface area contributed by atoms with Crippen LogP contribution >= 0.6 is 11.3 Å². The summed E-state index contributed by atoms with van der Waals surface area (Å²) in [6.45, 7) is 4.67. The Morgan fingerprint density at radius 1 is 0.952 bits per heavy atom. The summed E-state index contributed by atoms with van der Waals surface area (Å²) in [4.78, 5) is 39.3. The molecule has 4 aromatic rings. The maximum atomic E-state index is 14.2. The maximum Gasteiger partial charge on any atom is 0.246 e. The van der Waals surface area contributed by atoms with Crippen LogP contribution < -0.4 is 5.32 Å². The van der Waals surface area contributed by atoms with Gasteiger partial charge in [0.1, 0.15) is 11.0 Å². The molecule has 2 amide bonds. The number of nitrogens with zero attached hydrogens (tertiary/aromatic N) is 3. The number of carbonyl (C=O) groups excluding carboxylic acids is 2. The summed E-state index contributed by atoms with van der Waals surface area (Å²) in [5, 5.41) is 7.36. The van der Waals surface area contributed by atoms with E-state index in [0.717, 1.165) is 83.4 Å². The highest BCUT2D eigenvalue weighted by Gasteiger charge is 2.40. The molecule has 1 saturated carbocycles. The maximum absolute atomic E-state index is 14.2. The number of amides is 2. The lowest BCUT2D eigenvalue weighted by molar-refractivity contribution is -0.140. The highest BCUT2D eigenvalue weighted by atomic mass is 32.1. The summed E-state index contributed by atoms with van der Waals surface area (Å²) < 4.78 is 0. The molecule has 7 heteroatoms. The van der Waals surface area contributed by atoms with Crippen LogP contribution in [0.4, 0.5) is 0 Å². The standard InChI is InChI=1S/C35H40N4O2S/c1-3-23(2)33(40)38-32(25-15-8-5-9-16-25)35(41)39-20-12-19-31(39)34-37-30(22-42-34)27-21-29(24-13-6-4-7-14-24)36-28-18-11-10-17-26(27)28/h4,6-7,10-11,13-14,17-18,21-23,25,31-32H,3,5,8-9,12,15-16,19-20H2,1-2H3,(H,38,40)/t23-,31+,32+/m1/s1. The summed E-state index contributed by atoms with van der Waals surface area (Å²) >= 11 is 1.63. The second-order valence-corrected chi connectivity index (χ2v) is 12.8. The average molecular weight is 581 g/mol. The van der Waals surface area contributed by atoms with E-state index in [2.05, 4.69) is 41.0 Å². The van der Waals surface area contributed by atoms with Crippen molar-refractivity contribution in [1.29, 1.82) is 0 Å². The van der Waals surface area contributed by atoms with Crippen LogP contribution in [0.1, 0.15) is 76.3 Å². The molecule has 2 aromatic carbocycles. The molecule has 0 unspecified atom stereocenters. The Morgan fingerprint density at radius 2 is 1.71 bits per heavy atom. The van der Waals surface area contributed by atoms with Crippen molar-refractivity contribution in [1.82, 2.24) is 20.2 Å². The van der Waals surface area contributed by atoms with Crippen LogP contribution in [0.5, 0.6) is 0 Å². The second kappa shape index (κ2) is 12.7. The van der Waals surface area contributed by atoms with Gasteiger partial charge in [-0.3, -0.25) is 9.59 Å². The van der Waals surface area contributed by atoms with Gasteiger partial charge in [-0.05, 0) is 50.2 Å². The molecule has 2 aliphatic rings. The van der Waals surface area contributed by atoms with Crippen LogP contribution in [0.25, 0.3) is 33.4 Å². The third-order valence-electron chi connectivity index (χ3n) is 9.15. The zero-order valence-corrected chi connectivity index (χ0v) is 25.4. The fraction of sp³-hybridized carbons (Fsp3) is 0.429. The Balaban J connectivity index is 1.30. The molecule has 2 aromatic heterocycles. The van der Waals surface area contributed by atoms with Crippen molar-refractivity contribution in [3.63, 3.8) is 0 Å². The molecule has 0 spiro atoms. The van der Waals surface area contributed by atoms with Crippen molar-refractivity contribution in [2.24, 2.45) is 11.8 Å². The third-order valence-corrected chi connectivity index (χ3v) is 10.1. The van der Waals surface area contributed by atoms with Crippen LogP contribution in [-0.2, 0) is 9.59 Å². The first-order valence-electron chi connectivity index (χ1n) is 15.6. The smallest absolute Gasteiger partial charge is 0.246 e. The minimum Gasteiger partial charge on any atom is -0.344 e. The summed E-state index contributed by atoms with van der Waals surface area (Å²) in [5.74, 6) is 0.161. The number of carbonyl (C=O) groups is 2. The first-order valence-corrected chi connectivity index (χ1v) is 16.4. The number of nitrogens with one attached hydrogen (secondary N) is 1. The number of thiazole rings is 1. The molecule has 1 aliphatic heterocycles. The number of benzene rings is 2. The zero-order valence-electron chi connectivity index (χ0n) is 24.6. The number of pyridine rings is 1. The van der Waals surface area contributed by atoms with Gasteiger partial charge in [0.25, 0.3) is 0 Å². The van der Waals surface area contributed by atoms with E-state index >= 15 is 0 Å². The van der Waals surface area contributed by atoms with E-state index in [1.54, 1.807) is 11.3 Å². The molecular formula is C35H40N4O2S. The molecular weight excluding hydrogens is 540 g/mol. The van der Waals surface area contributed by atoms with Gasteiger partial charge < -0.3 is 10.2 Å². The predicted octanol–water partition coefficient (Wildman–Crippen LogP) is 7.80. The molecule has 3 heterocycles. The van der Waals surface area contributed by atoms with Crippen LogP contribution in [0.2, 0.25) is 0 Å². The Morgan fingerprint density at radius 3 is 2.50 bits per heavy atom. The summed E-state index contributed by atoms with van der Waals surface area (Å²) in [5.41, 5.74) is 4.90. The molecule has 6 rings (SSSR count). The lowest BCUT2D eigenvalue weighted by Gasteiger charge is -2.35. The van der Waals surface area contributed by atoms with E-state index in [9.17, 15) is 9.59 Å². The minimum atomic E-state index is -0.454. The van der Waals surface area contributed by atoms with Crippen LogP contribution in [0.15, 0.2) is 66.0 Å².